The molecular weight excluding hydrogens is 768 g/mol. The van der Waals surface area contributed by atoms with Crippen molar-refractivity contribution in [1.82, 2.24) is 4.48 Å². The number of hydrogen-bond acceptors (Lipinski definition) is 4. The summed E-state index contributed by atoms with van der Waals surface area (Å²) in [6.45, 7) is 6.85. The minimum Gasteiger partial charge on any atom is -0.456 e. The summed E-state index contributed by atoms with van der Waals surface area (Å²) in [5.41, 5.74) is 16.9. The topological polar surface area (TPSA) is 21.3 Å². The molecule has 0 bridgehead atoms. The quantitative estimate of drug-likeness (QED) is 0.162. The van der Waals surface area contributed by atoms with Gasteiger partial charge in [0, 0.05) is 74.8 Å². The largest absolute Gasteiger partial charge is 0.456 e. The Kier molecular flexibility index (Phi) is 6.41. The molecule has 2 aliphatic heterocycles. The molecule has 0 spiro atoms. The zero-order valence-corrected chi connectivity index (χ0v) is 34.8. The molecule has 0 N–H and O–H groups in total. The van der Waals surface area contributed by atoms with Crippen LogP contribution in [0, 0.1) is 0 Å². The van der Waals surface area contributed by atoms with Gasteiger partial charge >= 0.3 is 6.85 Å². The first-order valence-corrected chi connectivity index (χ1v) is 22.4. The van der Waals surface area contributed by atoms with E-state index in [1.54, 1.807) is 0 Å². The monoisotopic (exact) mass is 802 g/mol. The molecule has 3 nitrogen and oxygen atoms in total. The van der Waals surface area contributed by atoms with Crippen molar-refractivity contribution >= 4 is 131 Å². The Morgan fingerprint density at radius 1 is 0.533 bits per heavy atom. The van der Waals surface area contributed by atoms with E-state index in [0.29, 0.717) is 0 Å². The van der Waals surface area contributed by atoms with Gasteiger partial charge in [0.1, 0.15) is 11.2 Å². The van der Waals surface area contributed by atoms with Gasteiger partial charge in [-0.15, -0.1) is 22.7 Å². The highest BCUT2D eigenvalue weighted by molar-refractivity contribution is 7.27. The van der Waals surface area contributed by atoms with Gasteiger partial charge in [0.25, 0.3) is 0 Å². The summed E-state index contributed by atoms with van der Waals surface area (Å²) in [4.78, 5) is 2.63. The van der Waals surface area contributed by atoms with E-state index in [9.17, 15) is 0 Å². The Balaban J connectivity index is 1.23. The van der Waals surface area contributed by atoms with Crippen molar-refractivity contribution < 1.29 is 4.42 Å². The molecule has 0 amide bonds. The van der Waals surface area contributed by atoms with Gasteiger partial charge in [0.05, 0.1) is 21.6 Å². The second-order valence-corrected chi connectivity index (χ2v) is 19.7. The fourth-order valence-electron chi connectivity index (χ4n) is 10.8. The van der Waals surface area contributed by atoms with E-state index < -0.39 is 0 Å². The van der Waals surface area contributed by atoms with E-state index in [2.05, 4.69) is 188 Å². The summed E-state index contributed by atoms with van der Waals surface area (Å²) in [5, 5.41) is 7.58. The Morgan fingerprint density at radius 3 is 2.10 bits per heavy atom. The fraction of sp³-hybridized carbons (Fsp3) is 0.0741. The van der Waals surface area contributed by atoms with Crippen molar-refractivity contribution in [2.45, 2.75) is 26.2 Å². The third-order valence-corrected chi connectivity index (χ3v) is 15.6. The third kappa shape index (κ3) is 4.20. The maximum Gasteiger partial charge on any atom is 0.333 e. The highest BCUT2D eigenvalue weighted by Gasteiger charge is 2.46. The molecule has 0 fully saturated rings. The van der Waals surface area contributed by atoms with Crippen molar-refractivity contribution in [3.63, 3.8) is 0 Å². The Bertz CT molecular complexity index is 3840. The average Bonchev–Trinajstić information content (AvgIpc) is 4.03. The van der Waals surface area contributed by atoms with Gasteiger partial charge in [-0.1, -0.05) is 136 Å². The van der Waals surface area contributed by atoms with Crippen LogP contribution in [0.3, 0.4) is 0 Å². The first kappa shape index (κ1) is 33.3. The van der Waals surface area contributed by atoms with Gasteiger partial charge < -0.3 is 13.8 Å². The third-order valence-electron chi connectivity index (χ3n) is 13.3. The molecule has 14 rings (SSSR count). The summed E-state index contributed by atoms with van der Waals surface area (Å²) in [6.07, 6.45) is 0. The maximum absolute atomic E-state index is 6.97. The van der Waals surface area contributed by atoms with Crippen LogP contribution in [0.1, 0.15) is 26.3 Å². The van der Waals surface area contributed by atoms with Crippen molar-refractivity contribution in [3.05, 3.63) is 163 Å². The van der Waals surface area contributed by atoms with Gasteiger partial charge in [-0.25, -0.2) is 0 Å². The van der Waals surface area contributed by atoms with Crippen LogP contribution >= 0.6 is 22.7 Å². The van der Waals surface area contributed by atoms with E-state index >= 15 is 0 Å². The second kappa shape index (κ2) is 11.6. The number of fused-ring (bicyclic) bond motifs is 17. The number of para-hydroxylation sites is 2. The lowest BCUT2D eigenvalue weighted by Crippen LogP contribution is -2.56. The Morgan fingerprint density at radius 2 is 1.27 bits per heavy atom. The van der Waals surface area contributed by atoms with Crippen LogP contribution in [0.4, 0.5) is 17.1 Å². The lowest BCUT2D eigenvalue weighted by Gasteiger charge is -2.41. The molecule has 0 atom stereocenters. The standard InChI is InChI=1S/C54H35BN2OS2/c1-54(2,3)31-24-26-39(37(28-31)30-14-5-4-6-15-30)56-40-29-42-46(32-16-7-10-21-41(32)58-42)48-35-19-13-20-36-50(35)57(51-34-18-9-12-23-44(34)60-53(36)51)55(49(40)48)38-25-27-45-47(52(38)56)33-17-8-11-22-43(33)59-45/h4-29H,1-3H3. The average molecular weight is 803 g/mol. The van der Waals surface area contributed by atoms with Crippen LogP contribution in [0.2, 0.25) is 0 Å². The first-order valence-electron chi connectivity index (χ1n) is 20.8. The van der Waals surface area contributed by atoms with Gasteiger partial charge in [0.15, 0.2) is 0 Å². The second-order valence-electron chi connectivity index (χ2n) is 17.6. The molecule has 6 heterocycles. The minimum absolute atomic E-state index is 0.0334. The number of furan rings is 1. The Labute approximate surface area is 354 Å². The van der Waals surface area contributed by atoms with Gasteiger partial charge in [-0.2, -0.15) is 0 Å². The van der Waals surface area contributed by atoms with Crippen molar-refractivity contribution in [2.75, 3.05) is 4.90 Å². The number of hydrogen-bond donors (Lipinski definition) is 0. The van der Waals surface area contributed by atoms with E-state index in [1.807, 2.05) is 22.7 Å². The van der Waals surface area contributed by atoms with Crippen LogP contribution < -0.4 is 15.8 Å². The number of anilines is 3. The molecule has 60 heavy (non-hydrogen) atoms. The molecule has 282 valence electrons. The van der Waals surface area contributed by atoms with Crippen LogP contribution in [-0.4, -0.2) is 11.3 Å². The molecule has 12 aromatic rings. The fourth-order valence-corrected chi connectivity index (χ4v) is 13.1. The molecule has 6 heteroatoms. The molecule has 0 radical (unpaired) electrons. The van der Waals surface area contributed by atoms with E-state index in [1.165, 1.54) is 107 Å². The number of rotatable bonds is 2. The summed E-state index contributed by atoms with van der Waals surface area (Å²) in [5.74, 6) is 0. The number of nitrogens with zero attached hydrogens (tertiary/aromatic N) is 2. The summed E-state index contributed by atoms with van der Waals surface area (Å²) in [6, 6.07) is 59.0. The number of aromatic nitrogens is 1. The van der Waals surface area contributed by atoms with E-state index in [0.717, 1.165) is 22.2 Å². The predicted molar refractivity (Wildman–Crippen MR) is 260 cm³/mol. The van der Waals surface area contributed by atoms with Crippen molar-refractivity contribution in [3.8, 4) is 22.3 Å². The minimum atomic E-state index is -0.0932. The number of thiophene rings is 2. The van der Waals surface area contributed by atoms with E-state index in [4.69, 9.17) is 4.42 Å². The van der Waals surface area contributed by atoms with Crippen LogP contribution in [0.15, 0.2) is 162 Å². The summed E-state index contributed by atoms with van der Waals surface area (Å²) >= 11 is 3.82. The van der Waals surface area contributed by atoms with Crippen LogP contribution in [-0.2, 0) is 5.41 Å². The molecular formula is C54H35BN2OS2. The van der Waals surface area contributed by atoms with Crippen molar-refractivity contribution in [1.29, 1.82) is 0 Å². The lowest BCUT2D eigenvalue weighted by molar-refractivity contribution is 0.590. The maximum atomic E-state index is 6.97. The van der Waals surface area contributed by atoms with Gasteiger partial charge in [-0.3, -0.25) is 0 Å². The molecule has 0 saturated heterocycles. The van der Waals surface area contributed by atoms with Gasteiger partial charge in [-0.05, 0) is 69.4 Å². The number of benzene rings is 8. The highest BCUT2D eigenvalue weighted by Crippen LogP contribution is 2.54. The normalized spacial score (nSPS) is 13.5. The summed E-state index contributed by atoms with van der Waals surface area (Å²) in [7, 11) is 0. The molecule has 8 aromatic carbocycles. The SMILES string of the molecule is CC(C)(C)c1ccc(N2c3cc4oc5ccccc5c4c4c3B(c3ccc5sc6ccccc6c5c32)n2c3c-4cccc3c3sc4ccccc4c32)c(-c2ccccc2)c1. The molecule has 2 aliphatic rings. The molecule has 0 unspecified atom stereocenters. The van der Waals surface area contributed by atoms with Crippen molar-refractivity contribution in [2.24, 2.45) is 0 Å². The first-order chi connectivity index (χ1) is 29.4. The molecule has 0 aliphatic carbocycles. The predicted octanol–water partition coefficient (Wildman–Crippen LogP) is 14.7. The smallest absolute Gasteiger partial charge is 0.333 e. The highest BCUT2D eigenvalue weighted by atomic mass is 32.1. The molecule has 0 saturated carbocycles. The molecule has 4 aromatic heterocycles. The summed E-state index contributed by atoms with van der Waals surface area (Å²) < 4.78 is 15.0. The zero-order valence-electron chi connectivity index (χ0n) is 33.2. The lowest BCUT2D eigenvalue weighted by atomic mass is 9.44. The zero-order chi connectivity index (χ0) is 39.6. The Hall–Kier alpha value is -6.60. The van der Waals surface area contributed by atoms with Crippen LogP contribution in [0.5, 0.6) is 0 Å². The van der Waals surface area contributed by atoms with E-state index in [-0.39, 0.29) is 12.3 Å². The van der Waals surface area contributed by atoms with Crippen LogP contribution in [0.25, 0.3) is 95.6 Å². The van der Waals surface area contributed by atoms with Gasteiger partial charge in [0.2, 0.25) is 0 Å².